The van der Waals surface area contributed by atoms with Gasteiger partial charge in [-0.15, -0.1) is 0 Å². The van der Waals surface area contributed by atoms with Gasteiger partial charge in [0.25, 0.3) is 0 Å². The molecule has 0 unspecified atom stereocenters. The minimum atomic E-state index is -0.374. The standard InChI is InChI=1S/C21H22ClFN2O/c1-14-4-6-16(7-5-14)12-25-13-18(20(24-25)8-9-26-3)17-10-15(2)21(23)19(22)11-17/h4-7,10-11,13H,8-9,12H2,1-3H3. The number of hydrogen-bond acceptors (Lipinski definition) is 2. The van der Waals surface area contributed by atoms with Gasteiger partial charge in [0.1, 0.15) is 5.82 Å². The maximum Gasteiger partial charge on any atom is 0.144 e. The molecule has 0 N–H and O–H groups in total. The molecule has 0 aliphatic heterocycles. The van der Waals surface area contributed by atoms with Crippen molar-refractivity contribution in [3.63, 3.8) is 0 Å². The van der Waals surface area contributed by atoms with Crippen molar-refractivity contribution in [1.82, 2.24) is 9.78 Å². The number of halogens is 2. The second-order valence-electron chi connectivity index (χ2n) is 6.50. The van der Waals surface area contributed by atoms with E-state index >= 15 is 0 Å². The largest absolute Gasteiger partial charge is 0.384 e. The van der Waals surface area contributed by atoms with Crippen LogP contribution in [0.3, 0.4) is 0 Å². The van der Waals surface area contributed by atoms with Crippen LogP contribution in [0.25, 0.3) is 11.1 Å². The number of aryl methyl sites for hydroxylation is 2. The Hall–Kier alpha value is -2.17. The third-order valence-corrected chi connectivity index (χ3v) is 4.64. The smallest absolute Gasteiger partial charge is 0.144 e. The summed E-state index contributed by atoms with van der Waals surface area (Å²) in [7, 11) is 1.67. The summed E-state index contributed by atoms with van der Waals surface area (Å²) in [5.74, 6) is -0.374. The molecule has 5 heteroatoms. The SMILES string of the molecule is COCCc1nn(Cc2ccc(C)cc2)cc1-c1cc(C)c(F)c(Cl)c1. The molecule has 1 heterocycles. The molecule has 26 heavy (non-hydrogen) atoms. The lowest BCUT2D eigenvalue weighted by Crippen LogP contribution is -2.02. The summed E-state index contributed by atoms with van der Waals surface area (Å²) in [4.78, 5) is 0. The van der Waals surface area contributed by atoms with Crippen LogP contribution >= 0.6 is 11.6 Å². The summed E-state index contributed by atoms with van der Waals surface area (Å²) >= 11 is 6.05. The quantitative estimate of drug-likeness (QED) is 0.594. The fraction of sp³-hybridized carbons (Fsp3) is 0.286. The van der Waals surface area contributed by atoms with E-state index in [9.17, 15) is 4.39 Å². The molecule has 0 fully saturated rings. The van der Waals surface area contributed by atoms with Crippen molar-refractivity contribution in [2.24, 2.45) is 0 Å². The first-order chi connectivity index (χ1) is 12.5. The predicted octanol–water partition coefficient (Wildman–Crippen LogP) is 5.20. The number of benzene rings is 2. The van der Waals surface area contributed by atoms with E-state index in [2.05, 4.69) is 31.2 Å². The normalized spacial score (nSPS) is 11.1. The molecule has 136 valence electrons. The Kier molecular flexibility index (Phi) is 5.74. The van der Waals surface area contributed by atoms with E-state index in [1.54, 1.807) is 20.1 Å². The van der Waals surface area contributed by atoms with E-state index in [0.717, 1.165) is 16.8 Å². The van der Waals surface area contributed by atoms with Gasteiger partial charge in [-0.2, -0.15) is 5.10 Å². The molecule has 1 aromatic heterocycles. The van der Waals surface area contributed by atoms with E-state index in [1.807, 2.05) is 16.9 Å². The van der Waals surface area contributed by atoms with Crippen molar-refractivity contribution in [2.75, 3.05) is 13.7 Å². The molecule has 0 saturated carbocycles. The van der Waals surface area contributed by atoms with Gasteiger partial charge >= 0.3 is 0 Å². The molecule has 3 nitrogen and oxygen atoms in total. The Morgan fingerprint density at radius 2 is 1.88 bits per heavy atom. The van der Waals surface area contributed by atoms with Crippen LogP contribution in [-0.2, 0) is 17.7 Å². The first-order valence-electron chi connectivity index (χ1n) is 8.54. The second-order valence-corrected chi connectivity index (χ2v) is 6.91. The highest BCUT2D eigenvalue weighted by atomic mass is 35.5. The van der Waals surface area contributed by atoms with Gasteiger partial charge in [-0.05, 0) is 42.7 Å². The summed E-state index contributed by atoms with van der Waals surface area (Å²) in [5.41, 5.74) is 5.68. The number of aromatic nitrogens is 2. The molecule has 0 aliphatic rings. The van der Waals surface area contributed by atoms with Crippen molar-refractivity contribution in [3.05, 3.63) is 75.8 Å². The fourth-order valence-corrected chi connectivity index (χ4v) is 3.20. The molecule has 0 saturated heterocycles. The molecule has 3 aromatic rings. The highest BCUT2D eigenvalue weighted by Gasteiger charge is 2.14. The van der Waals surface area contributed by atoms with Gasteiger partial charge in [0.2, 0.25) is 0 Å². The average Bonchev–Trinajstić information content (AvgIpc) is 3.02. The molecule has 0 radical (unpaired) electrons. The van der Waals surface area contributed by atoms with Crippen LogP contribution in [0.15, 0.2) is 42.6 Å². The van der Waals surface area contributed by atoms with Crippen molar-refractivity contribution in [1.29, 1.82) is 0 Å². The first-order valence-corrected chi connectivity index (χ1v) is 8.92. The topological polar surface area (TPSA) is 27.1 Å². The van der Waals surface area contributed by atoms with Crippen LogP contribution in [0.1, 0.15) is 22.4 Å². The highest BCUT2D eigenvalue weighted by molar-refractivity contribution is 6.31. The number of nitrogens with zero attached hydrogens (tertiary/aromatic N) is 2. The van der Waals surface area contributed by atoms with E-state index in [-0.39, 0.29) is 10.8 Å². The third kappa shape index (κ3) is 4.14. The van der Waals surface area contributed by atoms with Gasteiger partial charge in [-0.3, -0.25) is 4.68 Å². The minimum absolute atomic E-state index is 0.129. The van der Waals surface area contributed by atoms with Crippen LogP contribution in [-0.4, -0.2) is 23.5 Å². The van der Waals surface area contributed by atoms with Crippen molar-refractivity contribution in [3.8, 4) is 11.1 Å². The minimum Gasteiger partial charge on any atom is -0.384 e. The number of rotatable bonds is 6. The van der Waals surface area contributed by atoms with Gasteiger partial charge in [0.05, 0.1) is 23.9 Å². The van der Waals surface area contributed by atoms with E-state index in [4.69, 9.17) is 21.4 Å². The van der Waals surface area contributed by atoms with Crippen molar-refractivity contribution < 1.29 is 9.13 Å². The maximum absolute atomic E-state index is 13.9. The van der Waals surface area contributed by atoms with E-state index in [0.29, 0.717) is 25.1 Å². The Balaban J connectivity index is 1.97. The lowest BCUT2D eigenvalue weighted by Gasteiger charge is -2.06. The Labute approximate surface area is 158 Å². The third-order valence-electron chi connectivity index (χ3n) is 4.37. The Morgan fingerprint density at radius 1 is 1.15 bits per heavy atom. The summed E-state index contributed by atoms with van der Waals surface area (Å²) in [6.07, 6.45) is 2.68. The van der Waals surface area contributed by atoms with Gasteiger partial charge in [0, 0.05) is 25.3 Å². The number of methoxy groups -OCH3 is 1. The summed E-state index contributed by atoms with van der Waals surface area (Å²) < 4.78 is 21.0. The summed E-state index contributed by atoms with van der Waals surface area (Å²) in [6.45, 7) is 5.03. The maximum atomic E-state index is 13.9. The molecule has 0 bridgehead atoms. The zero-order valence-electron chi connectivity index (χ0n) is 15.2. The van der Waals surface area contributed by atoms with Gasteiger partial charge in [0.15, 0.2) is 0 Å². The van der Waals surface area contributed by atoms with Gasteiger partial charge in [-0.25, -0.2) is 4.39 Å². The molecular weight excluding hydrogens is 351 g/mol. The highest BCUT2D eigenvalue weighted by Crippen LogP contribution is 2.30. The van der Waals surface area contributed by atoms with Crippen molar-refractivity contribution in [2.45, 2.75) is 26.8 Å². The Bertz CT molecular complexity index is 880. The molecule has 0 spiro atoms. The van der Waals surface area contributed by atoms with Crippen LogP contribution in [0, 0.1) is 19.7 Å². The van der Waals surface area contributed by atoms with Gasteiger partial charge in [-0.1, -0.05) is 41.4 Å². The summed E-state index contributed by atoms with van der Waals surface area (Å²) in [6, 6.07) is 11.9. The Morgan fingerprint density at radius 3 is 2.54 bits per heavy atom. The molecular formula is C21H22ClFN2O. The zero-order chi connectivity index (χ0) is 18.7. The number of hydrogen-bond donors (Lipinski definition) is 0. The fourth-order valence-electron chi connectivity index (χ4n) is 2.93. The molecule has 3 rings (SSSR count). The van der Waals surface area contributed by atoms with Crippen LogP contribution in [0.4, 0.5) is 4.39 Å². The molecule has 0 atom stereocenters. The van der Waals surface area contributed by atoms with Crippen molar-refractivity contribution >= 4 is 11.6 Å². The molecule has 2 aromatic carbocycles. The summed E-state index contributed by atoms with van der Waals surface area (Å²) in [5, 5.41) is 4.85. The van der Waals surface area contributed by atoms with Crippen LogP contribution in [0.2, 0.25) is 5.02 Å². The second kappa shape index (κ2) is 8.02. The van der Waals surface area contributed by atoms with Crippen LogP contribution < -0.4 is 0 Å². The lowest BCUT2D eigenvalue weighted by atomic mass is 10.0. The van der Waals surface area contributed by atoms with E-state index in [1.165, 1.54) is 11.1 Å². The monoisotopic (exact) mass is 372 g/mol. The van der Waals surface area contributed by atoms with E-state index < -0.39 is 0 Å². The van der Waals surface area contributed by atoms with Gasteiger partial charge < -0.3 is 4.74 Å². The average molecular weight is 373 g/mol. The zero-order valence-corrected chi connectivity index (χ0v) is 16.0. The molecule has 0 aliphatic carbocycles. The first kappa shape index (κ1) is 18.6. The number of ether oxygens (including phenoxy) is 1. The molecule has 0 amide bonds. The lowest BCUT2D eigenvalue weighted by molar-refractivity contribution is 0.201. The van der Waals surface area contributed by atoms with Crippen LogP contribution in [0.5, 0.6) is 0 Å². The predicted molar refractivity (Wildman–Crippen MR) is 103 cm³/mol.